The molecule has 0 radical (unpaired) electrons. The Hall–Kier alpha value is -0.860. The van der Waals surface area contributed by atoms with E-state index in [9.17, 15) is 5.11 Å². The number of nitrogens with one attached hydrogen (secondary N) is 1. The summed E-state index contributed by atoms with van der Waals surface area (Å²) >= 11 is 0. The average Bonchev–Trinajstić information content (AvgIpc) is 2.19. The van der Waals surface area contributed by atoms with Crippen LogP contribution >= 0.6 is 0 Å². The van der Waals surface area contributed by atoms with Crippen LogP contribution in [0.4, 0.5) is 0 Å². The van der Waals surface area contributed by atoms with Crippen LogP contribution in [-0.4, -0.2) is 17.8 Å². The van der Waals surface area contributed by atoms with Crippen molar-refractivity contribution in [2.45, 2.75) is 33.4 Å². The second-order valence-corrected chi connectivity index (χ2v) is 4.75. The zero-order chi connectivity index (χ0) is 11.3. The van der Waals surface area contributed by atoms with Gasteiger partial charge in [0.25, 0.3) is 0 Å². The van der Waals surface area contributed by atoms with E-state index in [4.69, 9.17) is 0 Å². The van der Waals surface area contributed by atoms with E-state index < -0.39 is 0 Å². The molecular weight excluding hydrogens is 186 g/mol. The van der Waals surface area contributed by atoms with Crippen molar-refractivity contribution < 1.29 is 5.11 Å². The second kappa shape index (κ2) is 5.29. The smallest absolute Gasteiger partial charge is 0.0575 e. The minimum Gasteiger partial charge on any atom is -0.393 e. The summed E-state index contributed by atoms with van der Waals surface area (Å²) in [5, 5.41) is 12.9. The summed E-state index contributed by atoms with van der Waals surface area (Å²) < 4.78 is 0. The fraction of sp³-hybridized carbons (Fsp3) is 0.538. The van der Waals surface area contributed by atoms with Crippen molar-refractivity contribution in [3.8, 4) is 0 Å². The first-order valence-corrected chi connectivity index (χ1v) is 5.45. The van der Waals surface area contributed by atoms with Gasteiger partial charge in [-0.15, -0.1) is 0 Å². The lowest BCUT2D eigenvalue weighted by Gasteiger charge is -2.28. The average molecular weight is 207 g/mol. The Bertz CT molecular complexity index is 280. The number of aliphatic hydroxyl groups excluding tert-OH is 1. The Morgan fingerprint density at radius 1 is 1.27 bits per heavy atom. The van der Waals surface area contributed by atoms with Gasteiger partial charge in [0.15, 0.2) is 0 Å². The molecule has 84 valence electrons. The molecule has 0 heterocycles. The molecule has 0 amide bonds. The molecule has 0 aromatic heterocycles. The lowest BCUT2D eigenvalue weighted by atomic mass is 9.87. The van der Waals surface area contributed by atoms with Crippen LogP contribution in [0.5, 0.6) is 0 Å². The maximum absolute atomic E-state index is 9.54. The molecule has 0 aliphatic rings. The molecule has 0 bridgehead atoms. The third-order valence-electron chi connectivity index (χ3n) is 2.88. The first-order chi connectivity index (χ1) is 7.02. The van der Waals surface area contributed by atoms with Gasteiger partial charge in [-0.05, 0) is 12.5 Å². The number of hydrogen-bond acceptors (Lipinski definition) is 2. The third kappa shape index (κ3) is 4.02. The Morgan fingerprint density at radius 2 is 1.87 bits per heavy atom. The van der Waals surface area contributed by atoms with Gasteiger partial charge in [-0.3, -0.25) is 0 Å². The summed E-state index contributed by atoms with van der Waals surface area (Å²) in [6, 6.07) is 10.3. The topological polar surface area (TPSA) is 32.3 Å². The standard InChI is InChI=1S/C13H21NO/c1-11(15)13(2,3)10-14-9-12-7-5-4-6-8-12/h4-8,11,14-15H,9-10H2,1-3H3/t11-/m0/s1. The quantitative estimate of drug-likeness (QED) is 0.775. The Kier molecular flexibility index (Phi) is 4.30. The highest BCUT2D eigenvalue weighted by molar-refractivity contribution is 5.14. The molecule has 0 spiro atoms. The summed E-state index contributed by atoms with van der Waals surface area (Å²) in [6.45, 7) is 7.64. The van der Waals surface area contributed by atoms with Gasteiger partial charge in [-0.1, -0.05) is 44.2 Å². The van der Waals surface area contributed by atoms with Crippen molar-refractivity contribution in [2.75, 3.05) is 6.54 Å². The number of rotatable bonds is 5. The van der Waals surface area contributed by atoms with Crippen molar-refractivity contribution in [3.05, 3.63) is 35.9 Å². The molecule has 0 saturated carbocycles. The lowest BCUT2D eigenvalue weighted by Crippen LogP contribution is -2.37. The Balaban J connectivity index is 2.34. The van der Waals surface area contributed by atoms with Crippen LogP contribution in [0, 0.1) is 5.41 Å². The zero-order valence-corrected chi connectivity index (χ0v) is 9.83. The Labute approximate surface area is 92.3 Å². The van der Waals surface area contributed by atoms with Crippen LogP contribution in [0.2, 0.25) is 0 Å². The molecule has 0 aliphatic carbocycles. The summed E-state index contributed by atoms with van der Waals surface area (Å²) in [5.41, 5.74) is 1.20. The maximum atomic E-state index is 9.54. The third-order valence-corrected chi connectivity index (χ3v) is 2.88. The predicted octanol–water partition coefficient (Wildman–Crippen LogP) is 2.18. The minimum absolute atomic E-state index is 0.0746. The van der Waals surface area contributed by atoms with Crippen LogP contribution in [0.1, 0.15) is 26.3 Å². The maximum Gasteiger partial charge on any atom is 0.0575 e. The molecular formula is C13H21NO. The number of benzene rings is 1. The van der Waals surface area contributed by atoms with Gasteiger partial charge in [0.05, 0.1) is 6.10 Å². The highest BCUT2D eigenvalue weighted by Gasteiger charge is 2.23. The van der Waals surface area contributed by atoms with Gasteiger partial charge in [-0.2, -0.15) is 0 Å². The molecule has 2 heteroatoms. The van der Waals surface area contributed by atoms with Gasteiger partial charge in [-0.25, -0.2) is 0 Å². The van der Waals surface area contributed by atoms with Crippen molar-refractivity contribution in [1.29, 1.82) is 0 Å². The van der Waals surface area contributed by atoms with E-state index in [1.807, 2.05) is 25.1 Å². The van der Waals surface area contributed by atoms with Crippen molar-refractivity contribution in [1.82, 2.24) is 5.32 Å². The van der Waals surface area contributed by atoms with Crippen molar-refractivity contribution >= 4 is 0 Å². The molecule has 1 atom stereocenters. The van der Waals surface area contributed by atoms with Gasteiger partial charge < -0.3 is 10.4 Å². The van der Waals surface area contributed by atoms with E-state index in [-0.39, 0.29) is 11.5 Å². The van der Waals surface area contributed by atoms with E-state index in [1.165, 1.54) is 5.56 Å². The molecule has 15 heavy (non-hydrogen) atoms. The van der Waals surface area contributed by atoms with Gasteiger partial charge in [0.1, 0.15) is 0 Å². The second-order valence-electron chi connectivity index (χ2n) is 4.75. The first kappa shape index (κ1) is 12.2. The zero-order valence-electron chi connectivity index (χ0n) is 9.83. The summed E-state index contributed by atoms with van der Waals surface area (Å²) in [6.07, 6.45) is -0.291. The first-order valence-electron chi connectivity index (χ1n) is 5.45. The number of hydrogen-bond donors (Lipinski definition) is 2. The minimum atomic E-state index is -0.291. The Morgan fingerprint density at radius 3 is 2.40 bits per heavy atom. The van der Waals surface area contributed by atoms with Crippen LogP contribution < -0.4 is 5.32 Å². The highest BCUT2D eigenvalue weighted by Crippen LogP contribution is 2.18. The normalized spacial score (nSPS) is 13.9. The van der Waals surface area contributed by atoms with Crippen molar-refractivity contribution in [3.63, 3.8) is 0 Å². The van der Waals surface area contributed by atoms with Crippen molar-refractivity contribution in [2.24, 2.45) is 5.41 Å². The van der Waals surface area contributed by atoms with Crippen LogP contribution in [0.3, 0.4) is 0 Å². The van der Waals surface area contributed by atoms with E-state index in [0.717, 1.165) is 13.1 Å². The molecule has 2 N–H and O–H groups in total. The van der Waals surface area contributed by atoms with Crippen LogP contribution in [0.15, 0.2) is 30.3 Å². The van der Waals surface area contributed by atoms with E-state index >= 15 is 0 Å². The van der Waals surface area contributed by atoms with E-state index in [0.29, 0.717) is 0 Å². The molecule has 1 rings (SSSR count). The molecule has 0 unspecified atom stereocenters. The van der Waals surface area contributed by atoms with E-state index in [2.05, 4.69) is 31.3 Å². The van der Waals surface area contributed by atoms with Crippen LogP contribution in [0.25, 0.3) is 0 Å². The number of aliphatic hydroxyl groups is 1. The van der Waals surface area contributed by atoms with E-state index in [1.54, 1.807) is 0 Å². The molecule has 1 aromatic carbocycles. The molecule has 2 nitrogen and oxygen atoms in total. The van der Waals surface area contributed by atoms with Gasteiger partial charge >= 0.3 is 0 Å². The fourth-order valence-electron chi connectivity index (χ4n) is 1.27. The largest absolute Gasteiger partial charge is 0.393 e. The molecule has 0 fully saturated rings. The summed E-state index contributed by atoms with van der Waals surface area (Å²) in [5.74, 6) is 0. The summed E-state index contributed by atoms with van der Waals surface area (Å²) in [4.78, 5) is 0. The molecule has 0 saturated heterocycles. The fourth-order valence-corrected chi connectivity index (χ4v) is 1.27. The molecule has 0 aliphatic heterocycles. The lowest BCUT2D eigenvalue weighted by molar-refractivity contribution is 0.0658. The highest BCUT2D eigenvalue weighted by atomic mass is 16.3. The summed E-state index contributed by atoms with van der Waals surface area (Å²) in [7, 11) is 0. The monoisotopic (exact) mass is 207 g/mol. The van der Waals surface area contributed by atoms with Crippen LogP contribution in [-0.2, 0) is 6.54 Å². The predicted molar refractivity (Wildman–Crippen MR) is 63.6 cm³/mol. The van der Waals surface area contributed by atoms with Gasteiger partial charge in [0, 0.05) is 18.5 Å². The van der Waals surface area contributed by atoms with Gasteiger partial charge in [0.2, 0.25) is 0 Å². The molecule has 1 aromatic rings. The SMILES string of the molecule is C[C@H](O)C(C)(C)CNCc1ccccc1.